The molecule has 0 spiro atoms. The molecule has 0 saturated carbocycles. The van der Waals surface area contributed by atoms with Gasteiger partial charge in [0.05, 0.1) is 0 Å². The van der Waals surface area contributed by atoms with Crippen molar-refractivity contribution in [3.8, 4) is 12.3 Å². The number of terminal acetylenes is 1. The van der Waals surface area contributed by atoms with E-state index in [2.05, 4.69) is 12.8 Å². The molecule has 3 nitrogen and oxygen atoms in total. The third-order valence-corrected chi connectivity index (χ3v) is 2.72. The van der Waals surface area contributed by atoms with Gasteiger partial charge in [0, 0.05) is 19.5 Å². The molecule has 1 atom stereocenters. The van der Waals surface area contributed by atoms with Crippen LogP contribution in [0.3, 0.4) is 0 Å². The van der Waals surface area contributed by atoms with Gasteiger partial charge in [0.2, 0.25) is 0 Å². The van der Waals surface area contributed by atoms with E-state index in [4.69, 9.17) is 11.5 Å². The molecule has 0 aromatic rings. The Bertz CT molecular complexity index is 238. The van der Waals surface area contributed by atoms with Crippen LogP contribution in [0.2, 0.25) is 0 Å². The number of hydrogen-bond acceptors (Lipinski definition) is 2. The Labute approximate surface area is 85.1 Å². The normalized spacial score (nSPS) is 19.7. The van der Waals surface area contributed by atoms with E-state index in [1.165, 1.54) is 12.8 Å². The van der Waals surface area contributed by atoms with E-state index >= 15 is 0 Å². The largest absolute Gasteiger partial charge is 0.480 e. The van der Waals surface area contributed by atoms with E-state index in [1.54, 1.807) is 0 Å². The molecule has 1 aliphatic rings. The van der Waals surface area contributed by atoms with E-state index in [0.29, 0.717) is 12.3 Å². The highest BCUT2D eigenvalue weighted by Crippen LogP contribution is 2.23. The first-order valence-corrected chi connectivity index (χ1v) is 5.09. The van der Waals surface area contributed by atoms with Gasteiger partial charge >= 0.3 is 5.97 Å². The molecule has 0 aliphatic carbocycles. The van der Waals surface area contributed by atoms with Gasteiger partial charge in [0.25, 0.3) is 0 Å². The van der Waals surface area contributed by atoms with Crippen LogP contribution >= 0.6 is 0 Å². The average molecular weight is 195 g/mol. The lowest BCUT2D eigenvalue weighted by Crippen LogP contribution is -2.54. The van der Waals surface area contributed by atoms with Gasteiger partial charge < -0.3 is 5.11 Å². The maximum atomic E-state index is 10.9. The van der Waals surface area contributed by atoms with Crippen molar-refractivity contribution in [2.45, 2.75) is 32.2 Å². The minimum absolute atomic E-state index is 0.314. The summed E-state index contributed by atoms with van der Waals surface area (Å²) in [5.74, 6) is 2.31. The Morgan fingerprint density at radius 3 is 2.79 bits per heavy atom. The molecule has 1 N–H and O–H groups in total. The molecular formula is C11H17NO2. The Kier molecular flexibility index (Phi) is 3.97. The summed E-state index contributed by atoms with van der Waals surface area (Å²) in [5, 5.41) is 8.92. The third kappa shape index (κ3) is 2.49. The van der Waals surface area contributed by atoms with Gasteiger partial charge in [-0.05, 0) is 12.3 Å². The van der Waals surface area contributed by atoms with Gasteiger partial charge in [-0.3, -0.25) is 9.69 Å². The molecule has 0 aromatic heterocycles. The highest BCUT2D eigenvalue weighted by Gasteiger charge is 2.34. The summed E-state index contributed by atoms with van der Waals surface area (Å²) >= 11 is 0. The second kappa shape index (κ2) is 5.02. The van der Waals surface area contributed by atoms with Crippen molar-refractivity contribution in [1.29, 1.82) is 0 Å². The van der Waals surface area contributed by atoms with Gasteiger partial charge in [-0.1, -0.05) is 13.3 Å². The fourth-order valence-corrected chi connectivity index (χ4v) is 1.94. The Balaban J connectivity index is 2.35. The van der Waals surface area contributed by atoms with Crippen molar-refractivity contribution < 1.29 is 9.90 Å². The summed E-state index contributed by atoms with van der Waals surface area (Å²) in [6.07, 6.45) is 7.82. The summed E-state index contributed by atoms with van der Waals surface area (Å²) in [6, 6.07) is -0.465. The molecule has 0 amide bonds. The predicted molar refractivity (Wildman–Crippen MR) is 54.8 cm³/mol. The van der Waals surface area contributed by atoms with Crippen LogP contribution in [0.25, 0.3) is 0 Å². The summed E-state index contributed by atoms with van der Waals surface area (Å²) in [7, 11) is 0. The van der Waals surface area contributed by atoms with Crippen LogP contribution in [0, 0.1) is 18.3 Å². The van der Waals surface area contributed by atoms with Crippen LogP contribution in [-0.4, -0.2) is 35.1 Å². The minimum Gasteiger partial charge on any atom is -0.480 e. The number of aliphatic carboxylic acids is 1. The molecule has 14 heavy (non-hydrogen) atoms. The van der Waals surface area contributed by atoms with Crippen molar-refractivity contribution >= 4 is 5.97 Å². The summed E-state index contributed by atoms with van der Waals surface area (Å²) in [4.78, 5) is 12.8. The molecule has 1 unspecified atom stereocenters. The second-order valence-corrected chi connectivity index (χ2v) is 3.87. The van der Waals surface area contributed by atoms with E-state index in [9.17, 15) is 4.79 Å². The molecule has 1 heterocycles. The third-order valence-electron chi connectivity index (χ3n) is 2.72. The molecule has 0 bridgehead atoms. The summed E-state index contributed by atoms with van der Waals surface area (Å²) < 4.78 is 0. The maximum absolute atomic E-state index is 10.9. The standard InChI is InChI=1S/C11H17NO2/c1-3-5-9-7-12(8-9)10(6-4-2)11(13)14/h2,9-10H,3,5-8H2,1H3,(H,13,14). The minimum atomic E-state index is -0.794. The first-order valence-electron chi connectivity index (χ1n) is 5.09. The number of carboxylic acid groups (broad SMARTS) is 1. The molecule has 78 valence electrons. The monoisotopic (exact) mass is 195 g/mol. The van der Waals surface area contributed by atoms with E-state index in [0.717, 1.165) is 13.1 Å². The maximum Gasteiger partial charge on any atom is 0.321 e. The Morgan fingerprint density at radius 1 is 1.71 bits per heavy atom. The molecule has 0 aromatic carbocycles. The van der Waals surface area contributed by atoms with Crippen LogP contribution in [-0.2, 0) is 4.79 Å². The zero-order valence-corrected chi connectivity index (χ0v) is 8.57. The van der Waals surface area contributed by atoms with Crippen LogP contribution in [0.15, 0.2) is 0 Å². The fraction of sp³-hybridized carbons (Fsp3) is 0.727. The summed E-state index contributed by atoms with van der Waals surface area (Å²) in [5.41, 5.74) is 0. The van der Waals surface area contributed by atoms with Crippen LogP contribution in [0.1, 0.15) is 26.2 Å². The van der Waals surface area contributed by atoms with Crippen LogP contribution < -0.4 is 0 Å². The first-order chi connectivity index (χ1) is 6.69. The average Bonchev–Trinajstić information content (AvgIpc) is 2.07. The number of hydrogen-bond donors (Lipinski definition) is 1. The fourth-order valence-electron chi connectivity index (χ4n) is 1.94. The van der Waals surface area contributed by atoms with Crippen LogP contribution in [0.5, 0.6) is 0 Å². The van der Waals surface area contributed by atoms with Crippen LogP contribution in [0.4, 0.5) is 0 Å². The molecule has 0 radical (unpaired) electrons. The number of carboxylic acids is 1. The SMILES string of the molecule is C#CCC(C(=O)O)N1CC(CCC)C1. The number of likely N-dealkylation sites (tertiary alicyclic amines) is 1. The van der Waals surface area contributed by atoms with Crippen molar-refractivity contribution in [3.63, 3.8) is 0 Å². The number of rotatable bonds is 5. The first kappa shape index (κ1) is 11.1. The molecule has 1 fully saturated rings. The lowest BCUT2D eigenvalue weighted by Gasteiger charge is -2.42. The van der Waals surface area contributed by atoms with Gasteiger partial charge in [-0.15, -0.1) is 12.3 Å². The molecular weight excluding hydrogens is 178 g/mol. The quantitative estimate of drug-likeness (QED) is 0.670. The van der Waals surface area contributed by atoms with Crippen molar-refractivity contribution in [2.24, 2.45) is 5.92 Å². The smallest absolute Gasteiger partial charge is 0.321 e. The van der Waals surface area contributed by atoms with E-state index in [1.807, 2.05) is 4.90 Å². The van der Waals surface area contributed by atoms with E-state index in [-0.39, 0.29) is 0 Å². The Hall–Kier alpha value is -1.01. The van der Waals surface area contributed by atoms with Crippen molar-refractivity contribution in [3.05, 3.63) is 0 Å². The number of nitrogens with zero attached hydrogens (tertiary/aromatic N) is 1. The lowest BCUT2D eigenvalue weighted by molar-refractivity contribution is -0.146. The van der Waals surface area contributed by atoms with E-state index < -0.39 is 12.0 Å². The van der Waals surface area contributed by atoms with Crippen molar-refractivity contribution in [2.75, 3.05) is 13.1 Å². The molecule has 3 heteroatoms. The topological polar surface area (TPSA) is 40.5 Å². The molecule has 1 rings (SSSR count). The molecule has 1 saturated heterocycles. The van der Waals surface area contributed by atoms with Gasteiger partial charge in [-0.2, -0.15) is 0 Å². The lowest BCUT2D eigenvalue weighted by atomic mass is 9.92. The predicted octanol–water partition coefficient (Wildman–Crippen LogP) is 1.19. The number of carbonyl (C=O) groups is 1. The highest BCUT2D eigenvalue weighted by molar-refractivity contribution is 5.74. The van der Waals surface area contributed by atoms with Crippen molar-refractivity contribution in [1.82, 2.24) is 4.90 Å². The zero-order valence-electron chi connectivity index (χ0n) is 8.57. The van der Waals surface area contributed by atoms with Gasteiger partial charge in [0.1, 0.15) is 6.04 Å². The Morgan fingerprint density at radius 2 is 2.36 bits per heavy atom. The summed E-state index contributed by atoms with van der Waals surface area (Å²) in [6.45, 7) is 3.94. The second-order valence-electron chi connectivity index (χ2n) is 3.87. The van der Waals surface area contributed by atoms with Gasteiger partial charge in [0.15, 0.2) is 0 Å². The van der Waals surface area contributed by atoms with Gasteiger partial charge in [-0.25, -0.2) is 0 Å². The molecule has 1 aliphatic heterocycles. The zero-order chi connectivity index (χ0) is 10.6. The highest BCUT2D eigenvalue weighted by atomic mass is 16.4.